The van der Waals surface area contributed by atoms with Crippen molar-refractivity contribution >= 4 is 27.2 Å². The van der Waals surface area contributed by atoms with Gasteiger partial charge in [-0.25, -0.2) is 4.98 Å². The van der Waals surface area contributed by atoms with E-state index in [-0.39, 0.29) is 5.56 Å². The molecular weight excluding hydrogens is 382 g/mol. The van der Waals surface area contributed by atoms with Crippen LogP contribution in [-0.4, -0.2) is 35.9 Å². The summed E-state index contributed by atoms with van der Waals surface area (Å²) in [6.07, 6.45) is 7.40. The van der Waals surface area contributed by atoms with Gasteiger partial charge in [0.1, 0.15) is 4.83 Å². The summed E-state index contributed by atoms with van der Waals surface area (Å²) in [6.45, 7) is 4.55. The van der Waals surface area contributed by atoms with Crippen LogP contribution in [0, 0.1) is 5.41 Å². The molecule has 6 heteroatoms. The second-order valence-corrected chi connectivity index (χ2v) is 9.91. The summed E-state index contributed by atoms with van der Waals surface area (Å²) in [7, 11) is 0. The van der Waals surface area contributed by atoms with Crippen LogP contribution in [0.5, 0.6) is 0 Å². The lowest BCUT2D eigenvalue weighted by Crippen LogP contribution is -2.51. The predicted molar refractivity (Wildman–Crippen MR) is 116 cm³/mol. The molecule has 150 valence electrons. The minimum atomic E-state index is 0.119. The fourth-order valence-corrected chi connectivity index (χ4v) is 6.39. The Hall–Kier alpha value is -2.18. The van der Waals surface area contributed by atoms with Gasteiger partial charge in [0, 0.05) is 29.1 Å². The zero-order chi connectivity index (χ0) is 19.4. The molecule has 0 amide bonds. The standard InChI is InChI=1S/C23H25N3O2S/c27-22-20-17-5-3-7-19(17)29-21(20)24-15-26(22)12-16-4-1-2-6-18(16)25-10-8-23(9-11-25)13-28-14-23/h1-2,4,6,15H,3,5,7-14H2. The maximum Gasteiger partial charge on any atom is 0.262 e. The van der Waals surface area contributed by atoms with Gasteiger partial charge < -0.3 is 9.64 Å². The first-order valence-corrected chi connectivity index (χ1v) is 11.4. The number of hydrogen-bond donors (Lipinski definition) is 0. The van der Waals surface area contributed by atoms with Crippen LogP contribution in [0.1, 0.15) is 35.3 Å². The highest BCUT2D eigenvalue weighted by Crippen LogP contribution is 2.40. The van der Waals surface area contributed by atoms with Crippen LogP contribution in [-0.2, 0) is 24.1 Å². The fourth-order valence-electron chi connectivity index (χ4n) is 5.17. The van der Waals surface area contributed by atoms with E-state index in [1.165, 1.54) is 34.5 Å². The molecule has 29 heavy (non-hydrogen) atoms. The first kappa shape index (κ1) is 17.7. The zero-order valence-electron chi connectivity index (χ0n) is 16.5. The Morgan fingerprint density at radius 2 is 1.97 bits per heavy atom. The quantitative estimate of drug-likeness (QED) is 0.665. The van der Waals surface area contributed by atoms with E-state index in [9.17, 15) is 4.79 Å². The van der Waals surface area contributed by atoms with E-state index in [0.717, 1.165) is 55.8 Å². The van der Waals surface area contributed by atoms with Crippen molar-refractivity contribution in [2.24, 2.45) is 5.41 Å². The molecule has 1 aliphatic carbocycles. The summed E-state index contributed by atoms with van der Waals surface area (Å²) in [5, 5.41) is 0.868. The van der Waals surface area contributed by atoms with E-state index in [2.05, 4.69) is 34.1 Å². The van der Waals surface area contributed by atoms with E-state index in [4.69, 9.17) is 4.74 Å². The molecule has 2 aromatic heterocycles. The van der Waals surface area contributed by atoms with Crippen LogP contribution in [0.2, 0.25) is 0 Å². The normalized spacial score (nSPS) is 20.2. The predicted octanol–water partition coefficient (Wildman–Crippen LogP) is 3.61. The molecule has 0 saturated carbocycles. The maximum absolute atomic E-state index is 13.3. The lowest BCUT2D eigenvalue weighted by atomic mass is 9.76. The number of anilines is 1. The molecule has 1 spiro atoms. The molecular formula is C23H25N3O2S. The molecule has 4 heterocycles. The Morgan fingerprint density at radius 3 is 2.76 bits per heavy atom. The molecule has 3 aliphatic rings. The van der Waals surface area contributed by atoms with Gasteiger partial charge in [0.2, 0.25) is 0 Å². The maximum atomic E-state index is 13.3. The molecule has 1 aromatic carbocycles. The van der Waals surface area contributed by atoms with Crippen LogP contribution >= 0.6 is 11.3 Å². The number of piperidine rings is 1. The van der Waals surface area contributed by atoms with Gasteiger partial charge in [-0.15, -0.1) is 11.3 Å². The van der Waals surface area contributed by atoms with Gasteiger partial charge in [-0.1, -0.05) is 18.2 Å². The Morgan fingerprint density at radius 1 is 1.14 bits per heavy atom. The van der Waals surface area contributed by atoms with E-state index < -0.39 is 0 Å². The average Bonchev–Trinajstić information content (AvgIpc) is 3.31. The zero-order valence-corrected chi connectivity index (χ0v) is 17.3. The number of rotatable bonds is 3. The third kappa shape index (κ3) is 2.84. The highest BCUT2D eigenvalue weighted by atomic mass is 32.1. The van der Waals surface area contributed by atoms with Crippen molar-refractivity contribution in [2.45, 2.75) is 38.6 Å². The Kier molecular flexibility index (Phi) is 4.06. The molecule has 0 unspecified atom stereocenters. The SMILES string of the molecule is O=c1c2c3c(sc2ncn1Cc1ccccc1N1CCC2(CC1)COC2)CCC3. The van der Waals surface area contributed by atoms with Crippen molar-refractivity contribution in [1.29, 1.82) is 0 Å². The monoisotopic (exact) mass is 407 g/mol. The molecule has 2 fully saturated rings. The van der Waals surface area contributed by atoms with Crippen molar-refractivity contribution in [1.82, 2.24) is 9.55 Å². The second kappa shape index (κ2) is 6.67. The van der Waals surface area contributed by atoms with Gasteiger partial charge in [0.15, 0.2) is 0 Å². The van der Waals surface area contributed by atoms with Gasteiger partial charge in [0.25, 0.3) is 5.56 Å². The Bertz CT molecular complexity index is 1130. The fraction of sp³-hybridized carbons (Fsp3) is 0.478. The summed E-state index contributed by atoms with van der Waals surface area (Å²) >= 11 is 1.71. The van der Waals surface area contributed by atoms with E-state index >= 15 is 0 Å². The van der Waals surface area contributed by atoms with Gasteiger partial charge in [-0.3, -0.25) is 9.36 Å². The van der Waals surface area contributed by atoms with Crippen molar-refractivity contribution in [3.8, 4) is 0 Å². The summed E-state index contributed by atoms with van der Waals surface area (Å²) < 4.78 is 7.27. The number of aryl methyl sites for hydroxylation is 2. The minimum absolute atomic E-state index is 0.119. The third-order valence-corrected chi connectivity index (χ3v) is 8.21. The summed E-state index contributed by atoms with van der Waals surface area (Å²) in [5.74, 6) is 0. The van der Waals surface area contributed by atoms with Crippen LogP contribution in [0.25, 0.3) is 10.2 Å². The second-order valence-electron chi connectivity index (χ2n) is 8.82. The molecule has 6 rings (SSSR count). The summed E-state index contributed by atoms with van der Waals surface area (Å²) in [6, 6.07) is 8.53. The van der Waals surface area contributed by atoms with Crippen molar-refractivity contribution in [3.63, 3.8) is 0 Å². The van der Waals surface area contributed by atoms with Gasteiger partial charge in [0.05, 0.1) is 31.5 Å². The largest absolute Gasteiger partial charge is 0.380 e. The minimum Gasteiger partial charge on any atom is -0.380 e. The molecule has 0 radical (unpaired) electrons. The lowest BCUT2D eigenvalue weighted by Gasteiger charge is -2.48. The van der Waals surface area contributed by atoms with Crippen LogP contribution in [0.15, 0.2) is 35.4 Å². The lowest BCUT2D eigenvalue weighted by molar-refractivity contribution is -0.124. The topological polar surface area (TPSA) is 47.4 Å². The smallest absolute Gasteiger partial charge is 0.262 e. The van der Waals surface area contributed by atoms with Gasteiger partial charge in [-0.2, -0.15) is 0 Å². The third-order valence-electron chi connectivity index (χ3n) is 7.01. The molecule has 0 atom stereocenters. The highest BCUT2D eigenvalue weighted by molar-refractivity contribution is 7.18. The molecule has 2 saturated heterocycles. The number of para-hydroxylation sites is 1. The highest BCUT2D eigenvalue weighted by Gasteiger charge is 2.41. The van der Waals surface area contributed by atoms with Crippen molar-refractivity contribution in [2.75, 3.05) is 31.2 Å². The summed E-state index contributed by atoms with van der Waals surface area (Å²) in [5.41, 5.74) is 4.26. The summed E-state index contributed by atoms with van der Waals surface area (Å²) in [4.78, 5) is 22.7. The van der Waals surface area contributed by atoms with E-state index in [0.29, 0.717) is 12.0 Å². The number of benzene rings is 1. The van der Waals surface area contributed by atoms with Gasteiger partial charge >= 0.3 is 0 Å². The van der Waals surface area contributed by atoms with Gasteiger partial charge in [-0.05, 0) is 49.3 Å². The first-order valence-electron chi connectivity index (χ1n) is 10.6. The molecule has 0 bridgehead atoms. The number of nitrogens with zero attached hydrogens (tertiary/aromatic N) is 3. The first-order chi connectivity index (χ1) is 14.2. The molecule has 2 aliphatic heterocycles. The number of ether oxygens (including phenoxy) is 1. The number of hydrogen-bond acceptors (Lipinski definition) is 5. The molecule has 0 N–H and O–H groups in total. The average molecular weight is 408 g/mol. The van der Waals surface area contributed by atoms with E-state index in [1.807, 2.05) is 0 Å². The van der Waals surface area contributed by atoms with Crippen LogP contribution < -0.4 is 10.5 Å². The molecule has 3 aromatic rings. The Labute approximate surface area is 173 Å². The number of aromatic nitrogens is 2. The van der Waals surface area contributed by atoms with Crippen LogP contribution in [0.3, 0.4) is 0 Å². The molecule has 5 nitrogen and oxygen atoms in total. The van der Waals surface area contributed by atoms with Crippen LogP contribution in [0.4, 0.5) is 5.69 Å². The van der Waals surface area contributed by atoms with Crippen molar-refractivity contribution in [3.05, 3.63) is 57.0 Å². The number of thiophene rings is 1. The number of fused-ring (bicyclic) bond motifs is 3. The Balaban J connectivity index is 1.32. The van der Waals surface area contributed by atoms with E-state index in [1.54, 1.807) is 22.2 Å². The van der Waals surface area contributed by atoms with Crippen molar-refractivity contribution < 1.29 is 4.74 Å².